The summed E-state index contributed by atoms with van der Waals surface area (Å²) < 4.78 is 1.60. The van der Waals surface area contributed by atoms with Gasteiger partial charge in [0.2, 0.25) is 0 Å². The second-order valence-corrected chi connectivity index (χ2v) is 35.4. The highest BCUT2D eigenvalue weighted by Crippen LogP contribution is 2.72. The van der Waals surface area contributed by atoms with Gasteiger partial charge < -0.3 is 35.7 Å². The average molecular weight is 1340 g/mol. The van der Waals surface area contributed by atoms with Crippen molar-refractivity contribution in [2.75, 3.05) is 12.4 Å². The van der Waals surface area contributed by atoms with E-state index in [1.165, 1.54) is 12.4 Å². The van der Waals surface area contributed by atoms with Gasteiger partial charge in [0, 0.05) is 37.3 Å². The van der Waals surface area contributed by atoms with Crippen LogP contribution in [0, 0.1) is 144 Å². The lowest BCUT2D eigenvalue weighted by atomic mass is 9.43. The number of halogens is 1. The maximum absolute atomic E-state index is 13.3. The number of nitrogens with one attached hydrogen (secondary N) is 1. The number of nitriles is 2. The highest BCUT2D eigenvalue weighted by molar-refractivity contribution is 9.09. The molecule has 2 aromatic heterocycles. The third-order valence-corrected chi connectivity index (χ3v) is 30.6. The Labute approximate surface area is 557 Å². The fourth-order valence-corrected chi connectivity index (χ4v) is 25.5. The Bertz CT molecular complexity index is 3050. The number of fused-ring (bicyclic) bond motifs is 15. The van der Waals surface area contributed by atoms with E-state index in [1.54, 1.807) is 24.0 Å². The number of carbonyl (C=O) groups is 3. The molecule has 27 atom stereocenters. The summed E-state index contributed by atoms with van der Waals surface area (Å²) in [5, 5.41) is 100. The first-order chi connectivity index (χ1) is 43.2. The first kappa shape index (κ1) is 71.4. The number of carbonyl (C=O) groups excluding carboxylic acids is 3. The molecule has 12 aliphatic carbocycles. The molecule has 12 fully saturated rings. The molecule has 2 aromatic rings. The summed E-state index contributed by atoms with van der Waals surface area (Å²) in [4.78, 5) is 38.1. The number of H-pyrrole nitrogens is 1. The molecule has 8 N–H and O–H groups in total. The van der Waals surface area contributed by atoms with Gasteiger partial charge in [-0.2, -0.15) is 20.7 Å². The van der Waals surface area contributed by atoms with E-state index in [2.05, 4.69) is 78.8 Å². The number of nitrogens with zero attached hydrogens (tertiary/aromatic N) is 5. The van der Waals surface area contributed by atoms with Crippen molar-refractivity contribution in [1.29, 1.82) is 10.5 Å². The topological polar surface area (TPSA) is 287 Å². The van der Waals surface area contributed by atoms with Crippen LogP contribution >= 0.6 is 15.9 Å². The Hall–Kier alpha value is -3.39. The molecule has 512 valence electrons. The van der Waals surface area contributed by atoms with E-state index in [1.807, 2.05) is 26.8 Å². The normalized spacial score (nSPS) is 49.0. The standard InChI is InChI=1S/C26H37N3O3.C22H35BrO3.C22H36O3.C4H3N3.CH4O/c1-24(32)8-9-25(2)17(11-24)10-21(30)23-19-5-4-18(26(19,3)7-6-20(23)25)22(31)15-29-14-16(12-27)13-28-29;1-20(26)8-9-21(2)13(11-20)10-17(24)19-15-5-4-14(18(25)12-23)22(15,3)7-6-16(19)21;1-13(23)15-5-6-16-19-17(7-8-22(15,16)4)21(3)10-9-20(2,25)12-14(21)11-18(19)24;5-1-4-2-6-7-3-4;1-2/h13-14,17-21,23,30,32H,4-11,15H2,1-3H3;13-17,19,24,26H,4-12H2,1-3H3;14-19,24-25H,5-12H2,1-4H3;2-3H,(H,6,7);2H,1H3/t17-,18+,19-,20-,21+,23-,24+,25-,26+;13-,14+,15-,16-,17+,19-,20+,21-,22+;14-,15+,16-,17-,18+,19-,20+,21-,22+;;/m000../s1. The molecule has 92 heavy (non-hydrogen) atoms. The van der Waals surface area contributed by atoms with Gasteiger partial charge in [0.25, 0.3) is 0 Å². The number of Topliss-reactive ketones (excluding diaryl/α,β-unsaturated/α-hetero) is 3. The molecule has 0 amide bonds. The lowest BCUT2D eigenvalue weighted by Crippen LogP contribution is -2.59. The van der Waals surface area contributed by atoms with Crippen LogP contribution in [0.4, 0.5) is 0 Å². The van der Waals surface area contributed by atoms with Crippen molar-refractivity contribution in [2.24, 2.45) is 121 Å². The number of hydrogen-bond acceptors (Lipinski definition) is 14. The van der Waals surface area contributed by atoms with Gasteiger partial charge in [-0.05, 0) is 285 Å². The predicted molar refractivity (Wildman–Crippen MR) is 355 cm³/mol. The van der Waals surface area contributed by atoms with E-state index < -0.39 is 16.8 Å². The Morgan fingerprint density at radius 2 is 0.880 bits per heavy atom. The largest absolute Gasteiger partial charge is 0.400 e. The molecule has 0 bridgehead atoms. The predicted octanol–water partition coefficient (Wildman–Crippen LogP) is 11.9. The zero-order chi connectivity index (χ0) is 67.1. The molecule has 12 saturated carbocycles. The molecular formula is C75H115BrN6O10. The number of ketones is 3. The van der Waals surface area contributed by atoms with Crippen LogP contribution in [0.3, 0.4) is 0 Å². The van der Waals surface area contributed by atoms with Gasteiger partial charge in [0.15, 0.2) is 5.78 Å². The number of aliphatic hydroxyl groups is 7. The monoisotopic (exact) mass is 1340 g/mol. The molecule has 0 unspecified atom stereocenters. The molecule has 0 spiro atoms. The molecule has 0 aromatic carbocycles. The highest BCUT2D eigenvalue weighted by atomic mass is 79.9. The summed E-state index contributed by atoms with van der Waals surface area (Å²) in [5.41, 5.74) is 0.0662. The fourth-order valence-electron chi connectivity index (χ4n) is 25.1. The van der Waals surface area contributed by atoms with Gasteiger partial charge in [-0.1, -0.05) is 57.5 Å². The minimum Gasteiger partial charge on any atom is -0.400 e. The van der Waals surface area contributed by atoms with Crippen LogP contribution in [0.15, 0.2) is 24.8 Å². The molecule has 12 aliphatic rings. The van der Waals surface area contributed by atoms with Crippen LogP contribution in [-0.2, 0) is 20.9 Å². The van der Waals surface area contributed by atoms with Gasteiger partial charge in [-0.15, -0.1) is 0 Å². The zero-order valence-corrected chi connectivity index (χ0v) is 59.1. The SMILES string of the molecule is CC(=O)[C@H]1CC[C@H]2[C@@H]3[C@H](O)C[C@H]4C[C@](C)(O)CC[C@]4(C)[C@H]3CC[C@]12C.CO.C[C@@]1(O)CC[C@@]2(C)[C@@H](C[C@@H](O)[C@@H]3[C@@H]2CC[C@]2(C)[C@@H](C(=O)CBr)CC[C@@H]32)C1.C[C@@]1(O)CC[C@@]2(C)[C@@H](C[C@@H](O)[C@@H]3[C@@H]2CC[C@]2(C)[C@@H](C(=O)Cn4cc(C#N)cn4)CC[C@@H]32)C1.N#Cc1cn[nH]c1. The van der Waals surface area contributed by atoms with Crippen molar-refractivity contribution in [3.8, 4) is 12.1 Å². The van der Waals surface area contributed by atoms with Crippen molar-refractivity contribution >= 4 is 33.3 Å². The summed E-state index contributed by atoms with van der Waals surface area (Å²) in [6.07, 6.45) is 28.7. The summed E-state index contributed by atoms with van der Waals surface area (Å²) in [6.45, 7) is 22.1. The quantitative estimate of drug-likeness (QED) is 0.125. The number of aromatic nitrogens is 4. The van der Waals surface area contributed by atoms with Gasteiger partial charge in [-0.25, -0.2) is 0 Å². The van der Waals surface area contributed by atoms with Crippen molar-refractivity contribution < 1.29 is 50.1 Å². The van der Waals surface area contributed by atoms with Crippen LogP contribution in [0.2, 0.25) is 0 Å². The van der Waals surface area contributed by atoms with E-state index in [4.69, 9.17) is 15.6 Å². The number of aliphatic hydroxyl groups excluding tert-OH is 4. The Morgan fingerprint density at radius 3 is 1.21 bits per heavy atom. The van der Waals surface area contributed by atoms with E-state index >= 15 is 0 Å². The van der Waals surface area contributed by atoms with E-state index in [0.29, 0.717) is 93.1 Å². The number of aromatic amines is 1. The number of alkyl halides is 1. The second kappa shape index (κ2) is 26.5. The Kier molecular flexibility index (Phi) is 20.5. The maximum atomic E-state index is 13.3. The third-order valence-electron chi connectivity index (χ3n) is 30.0. The van der Waals surface area contributed by atoms with Gasteiger partial charge >= 0.3 is 0 Å². The average Bonchev–Trinajstić information content (AvgIpc) is 1.25. The number of hydrogen-bond donors (Lipinski definition) is 8. The number of rotatable bonds is 6. The summed E-state index contributed by atoms with van der Waals surface area (Å²) in [5.74, 6) is 6.38. The summed E-state index contributed by atoms with van der Waals surface area (Å²) in [7, 11) is 1.00. The van der Waals surface area contributed by atoms with E-state index in [0.717, 1.165) is 161 Å². The van der Waals surface area contributed by atoms with Crippen LogP contribution in [0.5, 0.6) is 0 Å². The van der Waals surface area contributed by atoms with Gasteiger partial charge in [0.1, 0.15) is 23.7 Å². The van der Waals surface area contributed by atoms with Gasteiger partial charge in [0.05, 0.1) is 70.5 Å². The van der Waals surface area contributed by atoms with Crippen LogP contribution < -0.4 is 0 Å². The summed E-state index contributed by atoms with van der Waals surface area (Å²) in [6, 6.07) is 3.99. The molecule has 0 aliphatic heterocycles. The van der Waals surface area contributed by atoms with E-state index in [9.17, 15) is 45.0 Å². The molecule has 0 radical (unpaired) electrons. The first-order valence-corrected chi connectivity index (χ1v) is 36.9. The molecule has 2 heterocycles. The minimum absolute atomic E-state index is 0.00648. The highest BCUT2D eigenvalue weighted by Gasteiger charge is 2.67. The molecule has 14 rings (SSSR count). The third kappa shape index (κ3) is 12.7. The van der Waals surface area contributed by atoms with Crippen molar-refractivity contribution in [3.05, 3.63) is 35.9 Å². The van der Waals surface area contributed by atoms with Crippen molar-refractivity contribution in [3.63, 3.8) is 0 Å². The Morgan fingerprint density at radius 1 is 0.522 bits per heavy atom. The van der Waals surface area contributed by atoms with E-state index in [-0.39, 0.29) is 86.8 Å². The zero-order valence-electron chi connectivity index (χ0n) is 57.6. The van der Waals surface area contributed by atoms with Crippen molar-refractivity contribution in [2.45, 2.75) is 265 Å². The molecule has 16 nitrogen and oxygen atoms in total. The minimum atomic E-state index is -0.608. The first-order valence-electron chi connectivity index (χ1n) is 35.8. The van der Waals surface area contributed by atoms with Crippen molar-refractivity contribution in [1.82, 2.24) is 20.0 Å². The van der Waals surface area contributed by atoms with Crippen LogP contribution in [0.25, 0.3) is 0 Å². The van der Waals surface area contributed by atoms with Crippen LogP contribution in [-0.4, -0.2) is 121 Å². The summed E-state index contributed by atoms with van der Waals surface area (Å²) >= 11 is 3.39. The molecule has 17 heteroatoms. The Balaban J connectivity index is 0.000000142. The van der Waals surface area contributed by atoms with Gasteiger partial charge in [-0.3, -0.25) is 24.2 Å². The molecular weight excluding hydrogens is 1220 g/mol. The molecule has 0 saturated heterocycles. The maximum Gasteiger partial charge on any atom is 0.157 e. The lowest BCUT2D eigenvalue weighted by Gasteiger charge is -2.63. The second-order valence-electron chi connectivity index (χ2n) is 34.8. The lowest BCUT2D eigenvalue weighted by molar-refractivity contribution is -0.185. The smallest absolute Gasteiger partial charge is 0.157 e. The van der Waals surface area contributed by atoms with Crippen LogP contribution in [0.1, 0.15) is 234 Å². The fraction of sp³-hybridized carbons (Fsp3) is 0.853.